The van der Waals surface area contributed by atoms with Crippen LogP contribution in [0.1, 0.15) is 30.5 Å². The molecule has 0 heterocycles. The lowest BCUT2D eigenvalue weighted by Crippen LogP contribution is -2.22. The van der Waals surface area contributed by atoms with Crippen molar-refractivity contribution in [3.05, 3.63) is 71.0 Å². The van der Waals surface area contributed by atoms with E-state index in [0.717, 1.165) is 12.0 Å². The van der Waals surface area contributed by atoms with Crippen LogP contribution in [0, 0.1) is 5.82 Å². The minimum atomic E-state index is -1.10. The lowest BCUT2D eigenvalue weighted by Gasteiger charge is -2.24. The summed E-state index contributed by atoms with van der Waals surface area (Å²) in [7, 11) is 0. The number of halogens is 1. The van der Waals surface area contributed by atoms with Gasteiger partial charge in [-0.05, 0) is 42.2 Å². The molecule has 1 atom stereocenters. The van der Waals surface area contributed by atoms with E-state index in [4.69, 9.17) is 0 Å². The molecule has 0 aliphatic heterocycles. The van der Waals surface area contributed by atoms with Gasteiger partial charge in [-0.3, -0.25) is 0 Å². The lowest BCUT2D eigenvalue weighted by atomic mass is 9.88. The molecule has 0 saturated heterocycles. The number of aliphatic hydroxyl groups is 1. The molecule has 18 heavy (non-hydrogen) atoms. The molecule has 0 radical (unpaired) electrons. The Hall–Kier alpha value is -1.67. The maximum Gasteiger partial charge on any atom is 0.123 e. The molecule has 1 nitrogen and oxygen atoms in total. The standard InChI is InChI=1S/C16H17FO/c1-3-12-4-6-13(7-5-12)16(2,18)14-8-10-15(17)11-9-14/h4-11,18H,3H2,1-2H3. The van der Waals surface area contributed by atoms with Crippen LogP contribution in [0.2, 0.25) is 0 Å². The van der Waals surface area contributed by atoms with Crippen LogP contribution in [-0.2, 0) is 12.0 Å². The molecular weight excluding hydrogens is 227 g/mol. The third-order valence-corrected chi connectivity index (χ3v) is 3.33. The van der Waals surface area contributed by atoms with Crippen LogP contribution in [0.15, 0.2) is 48.5 Å². The van der Waals surface area contributed by atoms with E-state index < -0.39 is 5.60 Å². The molecule has 2 aromatic carbocycles. The molecular formula is C16H17FO. The Kier molecular flexibility index (Phi) is 3.48. The predicted octanol–water partition coefficient (Wildman–Crippen LogP) is 3.64. The topological polar surface area (TPSA) is 20.2 Å². The van der Waals surface area contributed by atoms with Crippen molar-refractivity contribution in [2.24, 2.45) is 0 Å². The molecule has 0 aliphatic rings. The van der Waals surface area contributed by atoms with Gasteiger partial charge in [-0.1, -0.05) is 43.3 Å². The highest BCUT2D eigenvalue weighted by atomic mass is 19.1. The van der Waals surface area contributed by atoms with E-state index in [2.05, 4.69) is 6.92 Å². The van der Waals surface area contributed by atoms with Crippen molar-refractivity contribution in [1.29, 1.82) is 0 Å². The van der Waals surface area contributed by atoms with Gasteiger partial charge >= 0.3 is 0 Å². The summed E-state index contributed by atoms with van der Waals surface area (Å²) < 4.78 is 12.9. The third kappa shape index (κ3) is 2.44. The highest BCUT2D eigenvalue weighted by Gasteiger charge is 2.25. The van der Waals surface area contributed by atoms with Gasteiger partial charge in [0.05, 0.1) is 0 Å². The summed E-state index contributed by atoms with van der Waals surface area (Å²) in [6.07, 6.45) is 0.971. The number of hydrogen-bond acceptors (Lipinski definition) is 1. The lowest BCUT2D eigenvalue weighted by molar-refractivity contribution is 0.102. The average molecular weight is 244 g/mol. The first kappa shape index (κ1) is 12.8. The molecule has 0 fully saturated rings. The van der Waals surface area contributed by atoms with Gasteiger partial charge in [0, 0.05) is 0 Å². The SMILES string of the molecule is CCc1ccc(C(C)(O)c2ccc(F)cc2)cc1. The fourth-order valence-electron chi connectivity index (χ4n) is 2.01. The first-order chi connectivity index (χ1) is 8.54. The van der Waals surface area contributed by atoms with Gasteiger partial charge in [0.15, 0.2) is 0 Å². The van der Waals surface area contributed by atoms with Crippen molar-refractivity contribution in [2.45, 2.75) is 25.9 Å². The van der Waals surface area contributed by atoms with Crippen molar-refractivity contribution in [3.8, 4) is 0 Å². The van der Waals surface area contributed by atoms with Crippen molar-refractivity contribution >= 4 is 0 Å². The molecule has 0 amide bonds. The predicted molar refractivity (Wildman–Crippen MR) is 70.9 cm³/mol. The molecule has 2 aromatic rings. The van der Waals surface area contributed by atoms with E-state index >= 15 is 0 Å². The number of benzene rings is 2. The van der Waals surface area contributed by atoms with Gasteiger partial charge < -0.3 is 5.11 Å². The summed E-state index contributed by atoms with van der Waals surface area (Å²) in [4.78, 5) is 0. The molecule has 0 saturated carbocycles. The first-order valence-electron chi connectivity index (χ1n) is 6.12. The zero-order valence-corrected chi connectivity index (χ0v) is 10.7. The maximum absolute atomic E-state index is 12.9. The zero-order chi connectivity index (χ0) is 13.2. The first-order valence-corrected chi connectivity index (χ1v) is 6.12. The Morgan fingerprint density at radius 3 is 1.83 bits per heavy atom. The van der Waals surface area contributed by atoms with Crippen LogP contribution in [0.3, 0.4) is 0 Å². The van der Waals surface area contributed by atoms with Crippen molar-refractivity contribution in [1.82, 2.24) is 0 Å². The second-order valence-corrected chi connectivity index (χ2v) is 4.63. The summed E-state index contributed by atoms with van der Waals surface area (Å²) in [5, 5.41) is 10.6. The summed E-state index contributed by atoms with van der Waals surface area (Å²) in [5.74, 6) is -0.295. The second-order valence-electron chi connectivity index (χ2n) is 4.63. The van der Waals surface area contributed by atoms with Gasteiger partial charge in [0.1, 0.15) is 11.4 Å². The quantitative estimate of drug-likeness (QED) is 0.874. The number of rotatable bonds is 3. The summed E-state index contributed by atoms with van der Waals surface area (Å²) in [6, 6.07) is 13.8. The Morgan fingerprint density at radius 2 is 1.39 bits per heavy atom. The fourth-order valence-corrected chi connectivity index (χ4v) is 2.01. The molecule has 0 bridgehead atoms. The monoisotopic (exact) mass is 244 g/mol. The second kappa shape index (κ2) is 4.91. The molecule has 0 spiro atoms. The summed E-state index contributed by atoms with van der Waals surface area (Å²) in [6.45, 7) is 3.81. The molecule has 1 unspecified atom stereocenters. The van der Waals surface area contributed by atoms with E-state index in [1.165, 1.54) is 17.7 Å². The minimum absolute atomic E-state index is 0.295. The van der Waals surface area contributed by atoms with Gasteiger partial charge in [-0.2, -0.15) is 0 Å². The molecule has 2 rings (SSSR count). The van der Waals surface area contributed by atoms with E-state index in [-0.39, 0.29) is 5.82 Å². The number of aryl methyl sites for hydroxylation is 1. The molecule has 2 heteroatoms. The largest absolute Gasteiger partial charge is 0.381 e. The van der Waals surface area contributed by atoms with E-state index in [9.17, 15) is 9.50 Å². The van der Waals surface area contributed by atoms with Gasteiger partial charge in [-0.15, -0.1) is 0 Å². The van der Waals surface area contributed by atoms with Gasteiger partial charge in [0.25, 0.3) is 0 Å². The smallest absolute Gasteiger partial charge is 0.123 e. The molecule has 94 valence electrons. The van der Waals surface area contributed by atoms with E-state index in [1.807, 2.05) is 24.3 Å². The van der Waals surface area contributed by atoms with Crippen LogP contribution in [0.5, 0.6) is 0 Å². The van der Waals surface area contributed by atoms with E-state index in [1.54, 1.807) is 19.1 Å². The molecule has 1 N–H and O–H groups in total. The third-order valence-electron chi connectivity index (χ3n) is 3.33. The minimum Gasteiger partial charge on any atom is -0.381 e. The Bertz CT molecular complexity index is 512. The highest BCUT2D eigenvalue weighted by molar-refractivity contribution is 5.36. The fraction of sp³-hybridized carbons (Fsp3) is 0.250. The summed E-state index contributed by atoms with van der Waals surface area (Å²) in [5.41, 5.74) is 1.63. The average Bonchev–Trinajstić information content (AvgIpc) is 2.39. The van der Waals surface area contributed by atoms with Crippen LogP contribution >= 0.6 is 0 Å². The Balaban J connectivity index is 2.37. The maximum atomic E-state index is 12.9. The van der Waals surface area contributed by atoms with Gasteiger partial charge in [0.2, 0.25) is 0 Å². The molecule has 0 aromatic heterocycles. The van der Waals surface area contributed by atoms with Gasteiger partial charge in [-0.25, -0.2) is 4.39 Å². The molecule has 0 aliphatic carbocycles. The van der Waals surface area contributed by atoms with Crippen LogP contribution in [0.25, 0.3) is 0 Å². The van der Waals surface area contributed by atoms with Crippen molar-refractivity contribution in [3.63, 3.8) is 0 Å². The van der Waals surface area contributed by atoms with Crippen LogP contribution in [-0.4, -0.2) is 5.11 Å². The Morgan fingerprint density at radius 1 is 0.944 bits per heavy atom. The van der Waals surface area contributed by atoms with Crippen molar-refractivity contribution in [2.75, 3.05) is 0 Å². The van der Waals surface area contributed by atoms with Crippen LogP contribution < -0.4 is 0 Å². The Labute approximate surface area is 107 Å². The normalized spacial score (nSPS) is 14.2. The number of hydrogen-bond donors (Lipinski definition) is 1. The highest BCUT2D eigenvalue weighted by Crippen LogP contribution is 2.29. The zero-order valence-electron chi connectivity index (χ0n) is 10.7. The van der Waals surface area contributed by atoms with Crippen LogP contribution in [0.4, 0.5) is 4.39 Å². The summed E-state index contributed by atoms with van der Waals surface area (Å²) >= 11 is 0. The van der Waals surface area contributed by atoms with E-state index in [0.29, 0.717) is 5.56 Å². The van der Waals surface area contributed by atoms with Crippen molar-refractivity contribution < 1.29 is 9.50 Å².